The lowest BCUT2D eigenvalue weighted by Gasteiger charge is -2.47. The van der Waals surface area contributed by atoms with Crippen LogP contribution in [0.25, 0.3) is 0 Å². The predicted molar refractivity (Wildman–Crippen MR) is 127 cm³/mol. The van der Waals surface area contributed by atoms with Crippen LogP contribution in [0.4, 0.5) is 0 Å². The van der Waals surface area contributed by atoms with Crippen LogP contribution in [0, 0.1) is 0 Å². The van der Waals surface area contributed by atoms with Gasteiger partial charge in [-0.2, -0.15) is 0 Å². The zero-order valence-electron chi connectivity index (χ0n) is 21.3. The number of aliphatic hydroxyl groups is 1. The van der Waals surface area contributed by atoms with Crippen molar-refractivity contribution < 1.29 is 53.1 Å². The molecule has 3 aliphatic rings. The number of fused-ring (bicyclic) bond motifs is 3. The van der Waals surface area contributed by atoms with Crippen LogP contribution in [-0.4, -0.2) is 120 Å². The molecule has 0 spiro atoms. The van der Waals surface area contributed by atoms with Crippen molar-refractivity contribution in [1.29, 1.82) is 0 Å². The molecule has 0 radical (unpaired) electrons. The summed E-state index contributed by atoms with van der Waals surface area (Å²) in [6.07, 6.45) is -3.26. The van der Waals surface area contributed by atoms with Gasteiger partial charge in [0.05, 0.1) is 33.0 Å². The van der Waals surface area contributed by atoms with Gasteiger partial charge in [0.2, 0.25) is 0 Å². The third-order valence-electron chi connectivity index (χ3n) is 6.30. The summed E-state index contributed by atoms with van der Waals surface area (Å²) in [5.41, 5.74) is 0.882. The molecule has 0 bridgehead atoms. The molecule has 0 saturated carbocycles. The van der Waals surface area contributed by atoms with E-state index in [0.29, 0.717) is 32.8 Å². The number of aliphatic hydroxyl groups excluding tert-OH is 1. The quantitative estimate of drug-likeness (QED) is 0.545. The molecule has 3 fully saturated rings. The van der Waals surface area contributed by atoms with Crippen molar-refractivity contribution in [3.63, 3.8) is 0 Å². The second kappa shape index (κ2) is 16.0. The normalized spacial score (nSPS) is 33.7. The van der Waals surface area contributed by atoms with Gasteiger partial charge in [0.25, 0.3) is 0 Å². The van der Waals surface area contributed by atoms with Gasteiger partial charge in [0, 0.05) is 38.9 Å². The van der Waals surface area contributed by atoms with Gasteiger partial charge in [0.1, 0.15) is 25.4 Å². The van der Waals surface area contributed by atoms with E-state index in [2.05, 4.69) is 4.90 Å². The van der Waals surface area contributed by atoms with Gasteiger partial charge in [-0.15, -0.1) is 0 Å². The Kier molecular flexibility index (Phi) is 12.4. The summed E-state index contributed by atoms with van der Waals surface area (Å²) >= 11 is 0. The van der Waals surface area contributed by atoms with E-state index in [4.69, 9.17) is 53.1 Å². The van der Waals surface area contributed by atoms with E-state index in [0.717, 1.165) is 25.2 Å². The third-order valence-corrected chi connectivity index (χ3v) is 6.30. The van der Waals surface area contributed by atoms with Crippen LogP contribution in [0.5, 0.6) is 0 Å². The van der Waals surface area contributed by atoms with Crippen molar-refractivity contribution in [3.05, 3.63) is 35.9 Å². The van der Waals surface area contributed by atoms with Crippen molar-refractivity contribution >= 4 is 0 Å². The number of rotatable bonds is 5. The summed E-state index contributed by atoms with van der Waals surface area (Å²) in [7, 11) is 1.52. The van der Waals surface area contributed by atoms with Crippen molar-refractivity contribution in [3.8, 4) is 0 Å². The number of hydrogen-bond acceptors (Lipinski definition) is 12. The topological polar surface area (TPSA) is 116 Å². The molecule has 4 rings (SSSR count). The maximum Gasteiger partial charge on any atom is 0.189 e. The van der Waals surface area contributed by atoms with E-state index >= 15 is 0 Å². The Labute approximate surface area is 217 Å². The summed E-state index contributed by atoms with van der Waals surface area (Å²) in [5, 5.41) is 9.14. The highest BCUT2D eigenvalue weighted by atomic mass is 17.2. The van der Waals surface area contributed by atoms with E-state index in [1.165, 1.54) is 7.11 Å². The Bertz CT molecular complexity index is 745. The number of methoxy groups -OCH3 is 1. The summed E-state index contributed by atoms with van der Waals surface area (Å²) in [6.45, 7) is 4.76. The van der Waals surface area contributed by atoms with Crippen LogP contribution < -0.4 is 0 Å². The molecule has 3 saturated heterocycles. The SMILES string of the molecule is CO[C@H]1O[C@@H]2CO[C@@H](c3ccccc3)O[C@H]2[C@@H]2OOCCOCCN(CCCO)CCOCCOO[C@@H]12. The van der Waals surface area contributed by atoms with Gasteiger partial charge in [-0.05, 0) is 6.42 Å². The van der Waals surface area contributed by atoms with E-state index < -0.39 is 37.0 Å². The standard InChI is InChI=1S/C25H39NO11/c1-28-25-23-22(21-20(34-25)18-31-24(35-21)19-6-3-2-4-7-19)36-32-16-14-29-12-9-26(8-5-11-27)10-13-30-15-17-33-37-23/h2-4,6-7,20-25,27H,5,8-18H2,1H3/t20-,21-,22+,23-,24-,25+/m1/s1. The zero-order chi connectivity index (χ0) is 25.7. The van der Waals surface area contributed by atoms with Gasteiger partial charge in [0.15, 0.2) is 24.8 Å². The summed E-state index contributed by atoms with van der Waals surface area (Å²) in [6, 6.07) is 9.65. The molecule has 0 aliphatic carbocycles. The van der Waals surface area contributed by atoms with Gasteiger partial charge >= 0.3 is 0 Å². The molecule has 1 N–H and O–H groups in total. The Morgan fingerprint density at radius 2 is 1.57 bits per heavy atom. The lowest BCUT2D eigenvalue weighted by atomic mass is 9.98. The highest BCUT2D eigenvalue weighted by molar-refractivity contribution is 5.16. The van der Waals surface area contributed by atoms with E-state index in [-0.39, 0.29) is 26.4 Å². The second-order valence-corrected chi connectivity index (χ2v) is 8.86. The van der Waals surface area contributed by atoms with Gasteiger partial charge in [-0.25, -0.2) is 19.6 Å². The van der Waals surface area contributed by atoms with Crippen LogP contribution in [0.15, 0.2) is 30.3 Å². The first-order valence-corrected chi connectivity index (χ1v) is 12.9. The maximum atomic E-state index is 9.14. The van der Waals surface area contributed by atoms with Crippen molar-refractivity contribution in [2.45, 2.75) is 43.4 Å². The van der Waals surface area contributed by atoms with E-state index in [1.807, 2.05) is 30.3 Å². The molecule has 3 heterocycles. The van der Waals surface area contributed by atoms with Gasteiger partial charge in [-0.3, -0.25) is 4.90 Å². The second-order valence-electron chi connectivity index (χ2n) is 8.86. The largest absolute Gasteiger partial charge is 0.396 e. The number of hydrogen-bond donors (Lipinski definition) is 1. The van der Waals surface area contributed by atoms with Crippen molar-refractivity contribution in [2.75, 3.05) is 79.6 Å². The average Bonchev–Trinajstić information content (AvgIpc) is 2.94. The molecular weight excluding hydrogens is 490 g/mol. The monoisotopic (exact) mass is 529 g/mol. The predicted octanol–water partition coefficient (Wildman–Crippen LogP) is 0.837. The molecule has 1 aromatic carbocycles. The Morgan fingerprint density at radius 1 is 0.865 bits per heavy atom. The third kappa shape index (κ3) is 8.62. The smallest absolute Gasteiger partial charge is 0.189 e. The summed E-state index contributed by atoms with van der Waals surface area (Å²) in [5.74, 6) is 0. The van der Waals surface area contributed by atoms with Crippen molar-refractivity contribution in [1.82, 2.24) is 4.90 Å². The van der Waals surface area contributed by atoms with Crippen LogP contribution >= 0.6 is 0 Å². The molecule has 37 heavy (non-hydrogen) atoms. The molecule has 12 nitrogen and oxygen atoms in total. The van der Waals surface area contributed by atoms with E-state index in [1.54, 1.807) is 0 Å². The molecule has 6 atom stereocenters. The Morgan fingerprint density at radius 3 is 2.24 bits per heavy atom. The van der Waals surface area contributed by atoms with Crippen LogP contribution in [0.3, 0.4) is 0 Å². The minimum atomic E-state index is -0.800. The molecule has 0 unspecified atom stereocenters. The first-order chi connectivity index (χ1) is 18.3. The lowest BCUT2D eigenvalue weighted by molar-refractivity contribution is -0.465. The Hall–Kier alpha value is -1.26. The van der Waals surface area contributed by atoms with E-state index in [9.17, 15) is 0 Å². The first-order valence-electron chi connectivity index (χ1n) is 12.9. The van der Waals surface area contributed by atoms with Gasteiger partial charge in [-0.1, -0.05) is 30.3 Å². The molecule has 1 aromatic rings. The van der Waals surface area contributed by atoms with Crippen LogP contribution in [0.1, 0.15) is 18.3 Å². The van der Waals surface area contributed by atoms with Crippen LogP contribution in [0.2, 0.25) is 0 Å². The molecule has 0 amide bonds. The zero-order valence-corrected chi connectivity index (χ0v) is 21.3. The fourth-order valence-electron chi connectivity index (χ4n) is 4.39. The minimum absolute atomic E-state index is 0.146. The fourth-order valence-corrected chi connectivity index (χ4v) is 4.39. The highest BCUT2D eigenvalue weighted by Gasteiger charge is 2.53. The van der Waals surface area contributed by atoms with Crippen molar-refractivity contribution in [2.24, 2.45) is 0 Å². The summed E-state index contributed by atoms with van der Waals surface area (Å²) in [4.78, 5) is 24.7. The fraction of sp³-hybridized carbons (Fsp3) is 0.760. The maximum absolute atomic E-state index is 9.14. The van der Waals surface area contributed by atoms with Crippen LogP contribution in [-0.2, 0) is 48.0 Å². The summed E-state index contributed by atoms with van der Waals surface area (Å²) < 4.78 is 35.2. The molecule has 12 heteroatoms. The number of nitrogens with zero attached hydrogens (tertiary/aromatic N) is 1. The first kappa shape index (κ1) is 28.7. The molecule has 210 valence electrons. The lowest BCUT2D eigenvalue weighted by Crippen LogP contribution is -2.63. The number of benzene rings is 1. The molecule has 0 aromatic heterocycles. The number of ether oxygens (including phenoxy) is 6. The Balaban J connectivity index is 1.40. The van der Waals surface area contributed by atoms with Gasteiger partial charge < -0.3 is 33.5 Å². The minimum Gasteiger partial charge on any atom is -0.396 e. The molecular formula is C25H39NO11. The average molecular weight is 530 g/mol. The highest BCUT2D eigenvalue weighted by Crippen LogP contribution is 2.36. The molecule has 3 aliphatic heterocycles.